The van der Waals surface area contributed by atoms with Gasteiger partial charge in [0.05, 0.1) is 0 Å². The van der Waals surface area contributed by atoms with Crippen molar-refractivity contribution in [2.75, 3.05) is 25.0 Å². The van der Waals surface area contributed by atoms with Crippen LogP contribution in [0.25, 0.3) is 0 Å². The molecule has 1 aliphatic carbocycles. The molecule has 3 heteroatoms. The number of nitrogens with zero attached hydrogens (tertiary/aromatic N) is 1. The maximum Gasteiger partial charge on any atom is 0.254 e. The Morgan fingerprint density at radius 1 is 1.29 bits per heavy atom. The molecule has 1 aliphatic heterocycles. The highest BCUT2D eigenvalue weighted by Crippen LogP contribution is 2.38. The van der Waals surface area contributed by atoms with Crippen LogP contribution in [0.3, 0.4) is 0 Å². The molecule has 1 saturated carbocycles. The van der Waals surface area contributed by atoms with Crippen molar-refractivity contribution in [2.45, 2.75) is 39.5 Å². The Morgan fingerprint density at radius 3 is 2.62 bits per heavy atom. The number of carbonyl (C=O) groups excluding carboxylic acids is 1. The Hall–Kier alpha value is -1.51. The van der Waals surface area contributed by atoms with Crippen LogP contribution in [-0.4, -0.2) is 30.4 Å². The average molecular weight is 286 g/mol. The van der Waals surface area contributed by atoms with Gasteiger partial charge in [0, 0.05) is 30.9 Å². The van der Waals surface area contributed by atoms with Crippen molar-refractivity contribution in [3.63, 3.8) is 0 Å². The van der Waals surface area contributed by atoms with E-state index in [4.69, 9.17) is 0 Å². The maximum atomic E-state index is 12.7. The topological polar surface area (TPSA) is 32.3 Å². The fourth-order valence-corrected chi connectivity index (χ4v) is 3.85. The molecule has 0 radical (unpaired) electrons. The highest BCUT2D eigenvalue weighted by molar-refractivity contribution is 5.96. The van der Waals surface area contributed by atoms with Crippen LogP contribution in [0.2, 0.25) is 0 Å². The molecule has 1 aromatic carbocycles. The van der Waals surface area contributed by atoms with Gasteiger partial charge in [0.1, 0.15) is 0 Å². The van der Waals surface area contributed by atoms with Gasteiger partial charge in [-0.1, -0.05) is 13.3 Å². The minimum absolute atomic E-state index is 0.226. The molecule has 2 unspecified atom stereocenters. The molecule has 0 bridgehead atoms. The van der Waals surface area contributed by atoms with Crippen molar-refractivity contribution in [3.05, 3.63) is 29.3 Å². The number of anilines is 1. The van der Waals surface area contributed by atoms with Crippen molar-refractivity contribution in [3.8, 4) is 0 Å². The summed E-state index contributed by atoms with van der Waals surface area (Å²) in [5, 5.41) is 3.38. The summed E-state index contributed by atoms with van der Waals surface area (Å²) in [6, 6.07) is 6.12. The Kier molecular flexibility index (Phi) is 4.18. The van der Waals surface area contributed by atoms with E-state index in [1.807, 2.05) is 19.1 Å². The SMILES string of the molecule is CCCNc1ccc(C(=O)N2CC3CCCC3C2)c(C)c1. The molecule has 1 aromatic rings. The van der Waals surface area contributed by atoms with Crippen molar-refractivity contribution >= 4 is 11.6 Å². The lowest BCUT2D eigenvalue weighted by atomic mass is 10.0. The Balaban J connectivity index is 1.70. The minimum Gasteiger partial charge on any atom is -0.385 e. The van der Waals surface area contributed by atoms with E-state index in [0.717, 1.165) is 54.7 Å². The maximum absolute atomic E-state index is 12.7. The van der Waals surface area contributed by atoms with Crippen molar-refractivity contribution in [2.24, 2.45) is 11.8 Å². The molecular formula is C18H26N2O. The lowest BCUT2D eigenvalue weighted by Crippen LogP contribution is -2.30. The minimum atomic E-state index is 0.226. The van der Waals surface area contributed by atoms with E-state index in [-0.39, 0.29) is 5.91 Å². The standard InChI is InChI=1S/C18H26N2O/c1-3-9-19-16-7-8-17(13(2)10-16)18(21)20-11-14-5-4-6-15(14)12-20/h7-8,10,14-15,19H,3-6,9,11-12H2,1-2H3. The van der Waals surface area contributed by atoms with Crippen LogP contribution in [0.1, 0.15) is 48.5 Å². The second kappa shape index (κ2) is 6.08. The van der Waals surface area contributed by atoms with Crippen LogP contribution < -0.4 is 5.32 Å². The first-order valence-electron chi connectivity index (χ1n) is 8.33. The summed E-state index contributed by atoms with van der Waals surface area (Å²) in [6.45, 7) is 7.11. The number of fused-ring (bicyclic) bond motifs is 1. The smallest absolute Gasteiger partial charge is 0.254 e. The lowest BCUT2D eigenvalue weighted by Gasteiger charge is -2.19. The van der Waals surface area contributed by atoms with Crippen LogP contribution in [0.5, 0.6) is 0 Å². The summed E-state index contributed by atoms with van der Waals surface area (Å²) >= 11 is 0. The van der Waals surface area contributed by atoms with Gasteiger partial charge in [0.2, 0.25) is 0 Å². The Morgan fingerprint density at radius 2 is 2.00 bits per heavy atom. The fourth-order valence-electron chi connectivity index (χ4n) is 3.85. The Bertz CT molecular complexity index is 514. The summed E-state index contributed by atoms with van der Waals surface area (Å²) in [7, 11) is 0. The summed E-state index contributed by atoms with van der Waals surface area (Å²) in [6.07, 6.45) is 5.09. The average Bonchev–Trinajstić information content (AvgIpc) is 3.05. The van der Waals surface area contributed by atoms with Crippen molar-refractivity contribution < 1.29 is 4.79 Å². The van der Waals surface area contributed by atoms with Gasteiger partial charge in [0.25, 0.3) is 5.91 Å². The number of amides is 1. The molecule has 21 heavy (non-hydrogen) atoms. The number of hydrogen-bond donors (Lipinski definition) is 1. The van der Waals surface area contributed by atoms with E-state index in [1.54, 1.807) is 0 Å². The highest BCUT2D eigenvalue weighted by atomic mass is 16.2. The van der Waals surface area contributed by atoms with Gasteiger partial charge in [0.15, 0.2) is 0 Å². The number of nitrogens with one attached hydrogen (secondary N) is 1. The molecule has 2 fully saturated rings. The molecule has 0 aromatic heterocycles. The zero-order valence-electron chi connectivity index (χ0n) is 13.2. The predicted octanol–water partition coefficient (Wildman–Crippen LogP) is 3.69. The van der Waals surface area contributed by atoms with E-state index >= 15 is 0 Å². The monoisotopic (exact) mass is 286 g/mol. The molecule has 0 spiro atoms. The van der Waals surface area contributed by atoms with Gasteiger partial charge in [-0.15, -0.1) is 0 Å². The van der Waals surface area contributed by atoms with Gasteiger partial charge in [-0.25, -0.2) is 0 Å². The quantitative estimate of drug-likeness (QED) is 0.915. The van der Waals surface area contributed by atoms with Gasteiger partial charge < -0.3 is 10.2 Å². The number of rotatable bonds is 4. The predicted molar refractivity (Wildman–Crippen MR) is 86.7 cm³/mol. The zero-order valence-corrected chi connectivity index (χ0v) is 13.2. The van der Waals surface area contributed by atoms with E-state index in [9.17, 15) is 4.79 Å². The third-order valence-corrected chi connectivity index (χ3v) is 5.05. The van der Waals surface area contributed by atoms with E-state index in [0.29, 0.717) is 0 Å². The normalized spacial score (nSPS) is 24.2. The van der Waals surface area contributed by atoms with Crippen molar-refractivity contribution in [1.82, 2.24) is 4.90 Å². The molecule has 1 amide bonds. The summed E-state index contributed by atoms with van der Waals surface area (Å²) in [4.78, 5) is 14.8. The second-order valence-electron chi connectivity index (χ2n) is 6.62. The zero-order chi connectivity index (χ0) is 14.8. The van der Waals surface area contributed by atoms with Crippen LogP contribution in [0.15, 0.2) is 18.2 Å². The molecule has 1 heterocycles. The van der Waals surface area contributed by atoms with Crippen LogP contribution in [0, 0.1) is 18.8 Å². The summed E-state index contributed by atoms with van der Waals surface area (Å²) in [5.74, 6) is 1.75. The molecule has 2 atom stereocenters. The van der Waals surface area contributed by atoms with Crippen LogP contribution in [-0.2, 0) is 0 Å². The number of hydrogen-bond acceptors (Lipinski definition) is 2. The first kappa shape index (κ1) is 14.4. The van der Waals surface area contributed by atoms with Gasteiger partial charge in [-0.2, -0.15) is 0 Å². The van der Waals surface area contributed by atoms with Gasteiger partial charge in [-0.05, 0) is 61.8 Å². The lowest BCUT2D eigenvalue weighted by molar-refractivity contribution is 0.0780. The van der Waals surface area contributed by atoms with Gasteiger partial charge in [-0.3, -0.25) is 4.79 Å². The molecule has 1 N–H and O–H groups in total. The first-order chi connectivity index (χ1) is 10.2. The third-order valence-electron chi connectivity index (χ3n) is 5.05. The molecule has 2 aliphatic rings. The third kappa shape index (κ3) is 2.92. The number of benzene rings is 1. The number of likely N-dealkylation sites (tertiary alicyclic amines) is 1. The number of aryl methyl sites for hydroxylation is 1. The van der Waals surface area contributed by atoms with Crippen LogP contribution >= 0.6 is 0 Å². The number of carbonyl (C=O) groups is 1. The van der Waals surface area contributed by atoms with Crippen molar-refractivity contribution in [1.29, 1.82) is 0 Å². The molecule has 3 rings (SSSR count). The molecule has 114 valence electrons. The summed E-state index contributed by atoms with van der Waals surface area (Å²) < 4.78 is 0. The van der Waals surface area contributed by atoms with E-state index in [2.05, 4.69) is 23.2 Å². The van der Waals surface area contributed by atoms with Crippen LogP contribution in [0.4, 0.5) is 5.69 Å². The fraction of sp³-hybridized carbons (Fsp3) is 0.611. The van der Waals surface area contributed by atoms with Gasteiger partial charge >= 0.3 is 0 Å². The first-order valence-corrected chi connectivity index (χ1v) is 8.33. The van der Waals surface area contributed by atoms with E-state index in [1.165, 1.54) is 19.3 Å². The molecule has 1 saturated heterocycles. The Labute approximate surface area is 127 Å². The van der Waals surface area contributed by atoms with E-state index < -0.39 is 0 Å². The molecule has 3 nitrogen and oxygen atoms in total. The largest absolute Gasteiger partial charge is 0.385 e. The second-order valence-corrected chi connectivity index (χ2v) is 6.62. The summed E-state index contributed by atoms with van der Waals surface area (Å²) in [5.41, 5.74) is 3.07. The highest BCUT2D eigenvalue weighted by Gasteiger charge is 2.38. The molecular weight excluding hydrogens is 260 g/mol.